The Balaban J connectivity index is 5.73. The highest BCUT2D eigenvalue weighted by atomic mass is 32.2. The number of nitrogens with one attached hydrogen (secondary N) is 1. The van der Waals surface area contributed by atoms with Crippen molar-refractivity contribution in [2.24, 2.45) is 0 Å². The number of esters is 1. The first-order chi connectivity index (χ1) is 14.3. The molecule has 0 saturated carbocycles. The molecule has 8 nitrogen and oxygen atoms in total. The van der Waals surface area contributed by atoms with Crippen molar-refractivity contribution in [3.05, 3.63) is 12.2 Å². The van der Waals surface area contributed by atoms with Crippen LogP contribution in [0.4, 0.5) is 30.7 Å². The van der Waals surface area contributed by atoms with E-state index in [2.05, 4.69) is 16.1 Å². The molecule has 0 saturated heterocycles. The topological polar surface area (TPSA) is 122 Å². The van der Waals surface area contributed by atoms with Crippen LogP contribution in [0, 0.1) is 0 Å². The van der Waals surface area contributed by atoms with Crippen LogP contribution in [-0.4, -0.2) is 61.1 Å². The largest absolute Gasteiger partial charge is 0.743 e. The van der Waals surface area contributed by atoms with Gasteiger partial charge in [0.2, 0.25) is 0 Å². The van der Waals surface area contributed by atoms with Gasteiger partial charge in [-0.1, -0.05) is 19.9 Å². The molecule has 1 atom stereocenters. The first-order valence-corrected chi connectivity index (χ1v) is 10.3. The van der Waals surface area contributed by atoms with Crippen LogP contribution in [0.15, 0.2) is 12.2 Å². The van der Waals surface area contributed by atoms with E-state index in [1.165, 1.54) is 0 Å². The van der Waals surface area contributed by atoms with Gasteiger partial charge in [-0.05, 0) is 19.8 Å². The zero-order chi connectivity index (χ0) is 25.6. The van der Waals surface area contributed by atoms with E-state index in [9.17, 15) is 53.3 Å². The number of ether oxygens (including phenoxy) is 2. The normalized spacial score (nSPS) is 15.1. The van der Waals surface area contributed by atoms with Gasteiger partial charge >= 0.3 is 35.0 Å². The number of hydrogen-bond acceptors (Lipinski definition) is 7. The van der Waals surface area contributed by atoms with E-state index in [1.807, 2.05) is 0 Å². The molecule has 0 spiro atoms. The lowest BCUT2D eigenvalue weighted by atomic mass is 10.2. The summed E-state index contributed by atoms with van der Waals surface area (Å²) in [4.78, 5) is 23.8. The van der Waals surface area contributed by atoms with Crippen LogP contribution in [0.25, 0.3) is 0 Å². The standard InChI is InChI=1S/C16H22F7NO7S/c1-4-5-8-24-12(26)14(15(19,20)21,31-11(25)10(2)3)30-9-6-7-13(17,18)16(22,23)32(27,28)29/h2,4-9H2,1,3H3,(H,24,26)(H,27,28,29)/p-1. The van der Waals surface area contributed by atoms with Gasteiger partial charge in [-0.2, -0.15) is 30.7 Å². The predicted octanol–water partition coefficient (Wildman–Crippen LogP) is 2.85. The fraction of sp³-hybridized carbons (Fsp3) is 0.750. The molecule has 188 valence electrons. The zero-order valence-electron chi connectivity index (χ0n) is 16.9. The van der Waals surface area contributed by atoms with Crippen LogP contribution in [0.5, 0.6) is 0 Å². The fourth-order valence-corrected chi connectivity index (χ4v) is 2.43. The van der Waals surface area contributed by atoms with E-state index in [1.54, 1.807) is 12.2 Å². The predicted molar refractivity (Wildman–Crippen MR) is 92.4 cm³/mol. The van der Waals surface area contributed by atoms with Gasteiger partial charge in [0.1, 0.15) is 0 Å². The molecule has 0 aliphatic carbocycles. The van der Waals surface area contributed by atoms with Gasteiger partial charge < -0.3 is 19.3 Å². The molecule has 0 aromatic rings. The summed E-state index contributed by atoms with van der Waals surface area (Å²) in [7, 11) is -6.80. The number of halogens is 7. The molecule has 0 fully saturated rings. The molecule has 0 bridgehead atoms. The van der Waals surface area contributed by atoms with E-state index in [0.717, 1.165) is 6.92 Å². The van der Waals surface area contributed by atoms with Crippen LogP contribution >= 0.6 is 0 Å². The third kappa shape index (κ3) is 7.03. The molecular weight excluding hydrogens is 483 g/mol. The molecule has 32 heavy (non-hydrogen) atoms. The van der Waals surface area contributed by atoms with Gasteiger partial charge in [0.05, 0.1) is 6.61 Å². The van der Waals surface area contributed by atoms with Crippen LogP contribution in [-0.2, 0) is 29.2 Å². The van der Waals surface area contributed by atoms with Crippen LogP contribution in [0.3, 0.4) is 0 Å². The molecule has 0 aliphatic rings. The second-order valence-corrected chi connectivity index (χ2v) is 7.94. The van der Waals surface area contributed by atoms with Gasteiger partial charge in [0, 0.05) is 18.5 Å². The number of hydrogen-bond donors (Lipinski definition) is 1. The average Bonchev–Trinajstić information content (AvgIpc) is 2.61. The van der Waals surface area contributed by atoms with Gasteiger partial charge in [-0.25, -0.2) is 13.2 Å². The van der Waals surface area contributed by atoms with E-state index in [0.29, 0.717) is 6.42 Å². The summed E-state index contributed by atoms with van der Waals surface area (Å²) in [6.07, 6.45) is -8.60. The van der Waals surface area contributed by atoms with Crippen molar-refractivity contribution in [1.82, 2.24) is 5.32 Å². The molecule has 1 unspecified atom stereocenters. The maximum Gasteiger partial charge on any atom is 0.466 e. The average molecular weight is 504 g/mol. The first kappa shape index (κ1) is 30.1. The molecule has 0 aromatic heterocycles. The van der Waals surface area contributed by atoms with Crippen molar-refractivity contribution in [2.75, 3.05) is 13.2 Å². The first-order valence-electron chi connectivity index (χ1n) is 8.85. The Morgan fingerprint density at radius 3 is 2.00 bits per heavy atom. The minimum atomic E-state index is -6.80. The fourth-order valence-electron chi connectivity index (χ4n) is 1.96. The minimum Gasteiger partial charge on any atom is -0.743 e. The van der Waals surface area contributed by atoms with E-state index >= 15 is 0 Å². The Morgan fingerprint density at radius 1 is 1.06 bits per heavy atom. The van der Waals surface area contributed by atoms with E-state index in [4.69, 9.17) is 0 Å². The van der Waals surface area contributed by atoms with Gasteiger partial charge in [-0.3, -0.25) is 4.79 Å². The quantitative estimate of drug-likeness (QED) is 0.102. The monoisotopic (exact) mass is 504 g/mol. The molecule has 0 aromatic carbocycles. The molecule has 0 aliphatic heterocycles. The van der Waals surface area contributed by atoms with E-state index < -0.39 is 70.2 Å². The van der Waals surface area contributed by atoms with Crippen molar-refractivity contribution >= 4 is 22.0 Å². The summed E-state index contributed by atoms with van der Waals surface area (Å²) in [6, 6.07) is 0. The van der Waals surface area contributed by atoms with Crippen molar-refractivity contribution in [2.45, 2.75) is 62.7 Å². The number of unbranched alkanes of at least 4 members (excludes halogenated alkanes) is 1. The SMILES string of the molecule is C=C(C)C(=O)OC(OCCCC(F)(F)C(F)(F)S(=O)(=O)[O-])(C(=O)NCCCC)C(F)(F)F. The molecule has 0 radical (unpaired) electrons. The summed E-state index contributed by atoms with van der Waals surface area (Å²) < 4.78 is 134. The summed E-state index contributed by atoms with van der Waals surface area (Å²) in [6.45, 7) is 3.78. The van der Waals surface area contributed by atoms with Crippen LogP contribution in [0.2, 0.25) is 0 Å². The maximum atomic E-state index is 13.7. The van der Waals surface area contributed by atoms with Crippen LogP contribution < -0.4 is 5.32 Å². The van der Waals surface area contributed by atoms with Gasteiger partial charge in [0.15, 0.2) is 10.1 Å². The van der Waals surface area contributed by atoms with Crippen molar-refractivity contribution in [3.8, 4) is 0 Å². The molecule has 1 N–H and O–H groups in total. The molecular formula is C16H21F7NO7S-. The Bertz CT molecular complexity index is 799. The second kappa shape index (κ2) is 10.8. The summed E-state index contributed by atoms with van der Waals surface area (Å²) in [5, 5.41) is -4.25. The Morgan fingerprint density at radius 2 is 1.59 bits per heavy atom. The zero-order valence-corrected chi connectivity index (χ0v) is 17.7. The lowest BCUT2D eigenvalue weighted by Crippen LogP contribution is -2.61. The van der Waals surface area contributed by atoms with Crippen LogP contribution in [0.1, 0.15) is 39.5 Å². The highest BCUT2D eigenvalue weighted by molar-refractivity contribution is 7.86. The van der Waals surface area contributed by atoms with Crippen molar-refractivity contribution in [3.63, 3.8) is 0 Å². The second-order valence-electron chi connectivity index (χ2n) is 6.52. The summed E-state index contributed by atoms with van der Waals surface area (Å²) >= 11 is 0. The minimum absolute atomic E-state index is 0.207. The highest BCUT2D eigenvalue weighted by Crippen LogP contribution is 2.42. The molecule has 1 amide bonds. The smallest absolute Gasteiger partial charge is 0.466 e. The Labute approximate surface area is 178 Å². The molecule has 0 heterocycles. The highest BCUT2D eigenvalue weighted by Gasteiger charge is 2.66. The lowest BCUT2D eigenvalue weighted by molar-refractivity contribution is -0.347. The summed E-state index contributed by atoms with van der Waals surface area (Å²) in [5.74, 6) is -13.6. The maximum absolute atomic E-state index is 13.7. The molecule has 0 rings (SSSR count). The summed E-state index contributed by atoms with van der Waals surface area (Å²) in [5.41, 5.74) is -0.588. The number of alkyl halides is 7. The number of carbonyl (C=O) groups is 2. The number of amides is 1. The number of carbonyl (C=O) groups excluding carboxylic acids is 2. The third-order valence-corrected chi connectivity index (χ3v) is 4.68. The van der Waals surface area contributed by atoms with Crippen molar-refractivity contribution in [1.29, 1.82) is 0 Å². The Kier molecular flexibility index (Phi) is 10.1. The van der Waals surface area contributed by atoms with Gasteiger partial charge in [-0.15, -0.1) is 0 Å². The Hall–Kier alpha value is -1.94. The van der Waals surface area contributed by atoms with Gasteiger partial charge in [0.25, 0.3) is 0 Å². The third-order valence-electron chi connectivity index (χ3n) is 3.75. The lowest BCUT2D eigenvalue weighted by Gasteiger charge is -2.33. The van der Waals surface area contributed by atoms with Crippen molar-refractivity contribution < 1.29 is 62.8 Å². The van der Waals surface area contributed by atoms with E-state index in [-0.39, 0.29) is 13.0 Å². The number of rotatable bonds is 13. The molecule has 16 heteroatoms.